The molecule has 0 saturated carbocycles. The maximum atomic E-state index is 12.3. The van der Waals surface area contributed by atoms with E-state index in [0.717, 1.165) is 49.7 Å². The Bertz CT molecular complexity index is 674. The molecule has 27 heavy (non-hydrogen) atoms. The maximum absolute atomic E-state index is 12.3. The summed E-state index contributed by atoms with van der Waals surface area (Å²) in [6.45, 7) is 7.09. The smallest absolute Gasteiger partial charge is 0.410 e. The molecule has 0 spiro atoms. The van der Waals surface area contributed by atoms with E-state index < -0.39 is 0 Å². The topological polar surface area (TPSA) is 58.6 Å². The van der Waals surface area contributed by atoms with Crippen LogP contribution in [0.5, 0.6) is 0 Å². The van der Waals surface area contributed by atoms with E-state index in [1.807, 2.05) is 36.9 Å². The average molecular weight is 373 g/mol. The number of piperidine rings is 1. The Kier molecular flexibility index (Phi) is 6.40. The summed E-state index contributed by atoms with van der Waals surface area (Å²) >= 11 is 0. The number of aryl methyl sites for hydroxylation is 2. The van der Waals surface area contributed by atoms with E-state index in [0.29, 0.717) is 31.2 Å². The number of carbonyl (C=O) groups excluding carboxylic acids is 2. The Morgan fingerprint density at radius 1 is 1.15 bits per heavy atom. The van der Waals surface area contributed by atoms with Crippen molar-refractivity contribution in [2.75, 3.05) is 13.2 Å². The summed E-state index contributed by atoms with van der Waals surface area (Å²) in [7, 11) is 0. The van der Waals surface area contributed by atoms with Crippen LogP contribution in [0.1, 0.15) is 66.9 Å². The van der Waals surface area contributed by atoms with E-state index in [1.54, 1.807) is 0 Å². The van der Waals surface area contributed by atoms with Crippen LogP contribution < -0.4 is 5.32 Å². The van der Waals surface area contributed by atoms with E-state index in [1.165, 1.54) is 5.56 Å². The van der Waals surface area contributed by atoms with Crippen molar-refractivity contribution in [3.63, 3.8) is 0 Å². The van der Waals surface area contributed by atoms with Crippen LogP contribution >= 0.6 is 0 Å². The largest absolute Gasteiger partial charge is 0.450 e. The number of nitrogens with zero attached hydrogens (tertiary/aromatic N) is 1. The molecule has 2 fully saturated rings. The highest BCUT2D eigenvalue weighted by atomic mass is 16.6. The minimum absolute atomic E-state index is 0.00954. The van der Waals surface area contributed by atoms with E-state index in [9.17, 15) is 9.59 Å². The van der Waals surface area contributed by atoms with Crippen LogP contribution in [0.3, 0.4) is 0 Å². The van der Waals surface area contributed by atoms with Gasteiger partial charge in [-0.25, -0.2) is 4.79 Å². The van der Waals surface area contributed by atoms with E-state index in [2.05, 4.69) is 12.2 Å². The molecule has 0 aliphatic carbocycles. The van der Waals surface area contributed by atoms with Gasteiger partial charge in [0.1, 0.15) is 0 Å². The molecule has 2 bridgehead atoms. The van der Waals surface area contributed by atoms with Crippen LogP contribution in [-0.2, 0) is 4.74 Å². The zero-order chi connectivity index (χ0) is 19.4. The van der Waals surface area contributed by atoms with Crippen molar-refractivity contribution in [1.82, 2.24) is 10.2 Å². The Balaban J connectivity index is 1.41. The third kappa shape index (κ3) is 4.63. The van der Waals surface area contributed by atoms with Crippen molar-refractivity contribution in [3.05, 3.63) is 34.9 Å². The van der Waals surface area contributed by atoms with Gasteiger partial charge in [0.25, 0.3) is 5.91 Å². The molecule has 0 radical (unpaired) electrons. The van der Waals surface area contributed by atoms with Gasteiger partial charge in [0.05, 0.1) is 6.61 Å². The predicted molar refractivity (Wildman–Crippen MR) is 106 cm³/mol. The summed E-state index contributed by atoms with van der Waals surface area (Å²) in [5.41, 5.74) is 3.08. The van der Waals surface area contributed by atoms with E-state index in [4.69, 9.17) is 4.74 Å². The number of hydrogen-bond acceptors (Lipinski definition) is 3. The molecule has 2 saturated heterocycles. The van der Waals surface area contributed by atoms with Crippen LogP contribution in [0.4, 0.5) is 4.79 Å². The zero-order valence-electron chi connectivity index (χ0n) is 16.8. The van der Waals surface area contributed by atoms with Gasteiger partial charge < -0.3 is 15.0 Å². The van der Waals surface area contributed by atoms with Gasteiger partial charge in [-0.3, -0.25) is 4.79 Å². The van der Waals surface area contributed by atoms with Gasteiger partial charge in [-0.1, -0.05) is 6.07 Å². The summed E-state index contributed by atoms with van der Waals surface area (Å²) in [6.07, 6.45) is 6.30. The molecular formula is C22H32N2O3. The lowest BCUT2D eigenvalue weighted by Crippen LogP contribution is -2.46. The van der Waals surface area contributed by atoms with Gasteiger partial charge in [-0.2, -0.15) is 0 Å². The second kappa shape index (κ2) is 8.77. The molecular weight excluding hydrogens is 340 g/mol. The highest BCUT2D eigenvalue weighted by Crippen LogP contribution is 2.40. The van der Waals surface area contributed by atoms with Gasteiger partial charge in [0.2, 0.25) is 0 Å². The van der Waals surface area contributed by atoms with Crippen LogP contribution in [0, 0.1) is 19.8 Å². The minimum atomic E-state index is -0.135. The normalized spacial score (nSPS) is 24.0. The van der Waals surface area contributed by atoms with Crippen molar-refractivity contribution in [2.45, 2.75) is 71.4 Å². The number of rotatable bonds is 6. The van der Waals surface area contributed by atoms with Crippen LogP contribution in [-0.4, -0.2) is 42.1 Å². The predicted octanol–water partition coefficient (Wildman–Crippen LogP) is 4.21. The molecule has 5 heteroatoms. The lowest BCUT2D eigenvalue weighted by atomic mass is 9.87. The van der Waals surface area contributed by atoms with Crippen molar-refractivity contribution >= 4 is 12.0 Å². The average Bonchev–Trinajstić information content (AvgIpc) is 2.92. The van der Waals surface area contributed by atoms with E-state index >= 15 is 0 Å². The molecule has 2 aliphatic rings. The summed E-state index contributed by atoms with van der Waals surface area (Å²) < 4.78 is 5.22. The number of fused-ring (bicyclic) bond motifs is 2. The summed E-state index contributed by atoms with van der Waals surface area (Å²) in [5.74, 6) is 0.655. The van der Waals surface area contributed by atoms with Crippen LogP contribution in [0.2, 0.25) is 0 Å². The maximum Gasteiger partial charge on any atom is 0.410 e. The first-order valence-electron chi connectivity index (χ1n) is 10.3. The van der Waals surface area contributed by atoms with E-state index in [-0.39, 0.29) is 12.0 Å². The van der Waals surface area contributed by atoms with Gasteiger partial charge in [-0.15, -0.1) is 0 Å². The van der Waals surface area contributed by atoms with Crippen molar-refractivity contribution < 1.29 is 14.3 Å². The van der Waals surface area contributed by atoms with Crippen molar-refractivity contribution in [1.29, 1.82) is 0 Å². The molecule has 2 amide bonds. The SMILES string of the molecule is CCOC(=O)N1C2CCC1CC(CCCNC(=O)c1ccc(C)c(C)c1)C2. The molecule has 1 aromatic carbocycles. The third-order valence-electron chi connectivity index (χ3n) is 6.15. The Morgan fingerprint density at radius 3 is 2.48 bits per heavy atom. The quantitative estimate of drug-likeness (QED) is 0.761. The molecule has 2 aliphatic heterocycles. The van der Waals surface area contributed by atoms with Gasteiger partial charge >= 0.3 is 6.09 Å². The number of ether oxygens (including phenoxy) is 1. The Labute approximate surface area is 162 Å². The number of amides is 2. The monoisotopic (exact) mass is 372 g/mol. The second-order valence-electron chi connectivity index (χ2n) is 8.03. The molecule has 1 N–H and O–H groups in total. The number of hydrogen-bond donors (Lipinski definition) is 1. The Morgan fingerprint density at radius 2 is 1.85 bits per heavy atom. The number of carbonyl (C=O) groups is 2. The minimum Gasteiger partial charge on any atom is -0.450 e. The summed E-state index contributed by atoms with van der Waals surface area (Å²) in [6, 6.07) is 6.53. The molecule has 1 aromatic rings. The summed E-state index contributed by atoms with van der Waals surface area (Å²) in [5, 5.41) is 3.04. The Hall–Kier alpha value is -2.04. The fourth-order valence-corrected chi connectivity index (χ4v) is 4.60. The molecule has 0 aromatic heterocycles. The lowest BCUT2D eigenvalue weighted by Gasteiger charge is -2.38. The van der Waals surface area contributed by atoms with Crippen molar-refractivity contribution in [2.24, 2.45) is 5.92 Å². The summed E-state index contributed by atoms with van der Waals surface area (Å²) in [4.78, 5) is 26.4. The highest BCUT2D eigenvalue weighted by Gasteiger charge is 2.43. The molecule has 2 unspecified atom stereocenters. The second-order valence-corrected chi connectivity index (χ2v) is 8.03. The standard InChI is InChI=1S/C22H32N2O3/c1-4-27-22(26)24-19-9-10-20(24)14-17(13-19)6-5-11-23-21(25)18-8-7-15(2)16(3)12-18/h7-8,12,17,19-20H,4-6,9-11,13-14H2,1-3H3,(H,23,25). The van der Waals surface area contributed by atoms with Gasteiger partial charge in [0, 0.05) is 24.2 Å². The number of nitrogens with one attached hydrogen (secondary N) is 1. The fourth-order valence-electron chi connectivity index (χ4n) is 4.60. The fraction of sp³-hybridized carbons (Fsp3) is 0.636. The molecule has 2 heterocycles. The van der Waals surface area contributed by atoms with Gasteiger partial charge in [0.15, 0.2) is 0 Å². The van der Waals surface area contributed by atoms with Gasteiger partial charge in [-0.05, 0) is 88.5 Å². The molecule has 2 atom stereocenters. The first kappa shape index (κ1) is 19.7. The number of benzene rings is 1. The molecule has 5 nitrogen and oxygen atoms in total. The van der Waals surface area contributed by atoms with Crippen molar-refractivity contribution in [3.8, 4) is 0 Å². The zero-order valence-corrected chi connectivity index (χ0v) is 16.8. The molecule has 148 valence electrons. The molecule has 3 rings (SSSR count). The third-order valence-corrected chi connectivity index (χ3v) is 6.15. The lowest BCUT2D eigenvalue weighted by molar-refractivity contribution is 0.0588. The highest BCUT2D eigenvalue weighted by molar-refractivity contribution is 5.94. The first-order chi connectivity index (χ1) is 13.0. The van der Waals surface area contributed by atoms with Crippen LogP contribution in [0.25, 0.3) is 0 Å². The first-order valence-corrected chi connectivity index (χ1v) is 10.3. The van der Waals surface area contributed by atoms with Crippen LogP contribution in [0.15, 0.2) is 18.2 Å².